The highest BCUT2D eigenvalue weighted by molar-refractivity contribution is 5.82. The lowest BCUT2D eigenvalue weighted by Crippen LogP contribution is -2.49. The number of pyridine rings is 1. The molecule has 31 heavy (non-hydrogen) atoms. The maximum Gasteiger partial charge on any atom is 0.405 e. The summed E-state index contributed by atoms with van der Waals surface area (Å²) in [6, 6.07) is 8.91. The molecule has 3 heterocycles. The van der Waals surface area contributed by atoms with Crippen LogP contribution in [0.1, 0.15) is 17.3 Å². The van der Waals surface area contributed by atoms with Crippen LogP contribution < -0.4 is 10.9 Å². The van der Waals surface area contributed by atoms with E-state index in [0.29, 0.717) is 11.3 Å². The van der Waals surface area contributed by atoms with Crippen LogP contribution in [-0.4, -0.2) is 45.9 Å². The molecule has 0 unspecified atom stereocenters. The second-order valence-corrected chi connectivity index (χ2v) is 7.93. The molecule has 6 nitrogen and oxygen atoms in total. The summed E-state index contributed by atoms with van der Waals surface area (Å²) in [5, 5.41) is 12.0. The summed E-state index contributed by atoms with van der Waals surface area (Å²) in [7, 11) is 0. The van der Waals surface area contributed by atoms with E-state index in [1.54, 1.807) is 27.7 Å². The number of rotatable bonds is 5. The van der Waals surface area contributed by atoms with Crippen molar-refractivity contribution in [2.45, 2.75) is 31.3 Å². The van der Waals surface area contributed by atoms with Gasteiger partial charge in [-0.15, -0.1) is 0 Å². The number of benzene rings is 1. The van der Waals surface area contributed by atoms with Gasteiger partial charge in [0.05, 0.1) is 12.1 Å². The highest BCUT2D eigenvalue weighted by Gasteiger charge is 2.55. The van der Waals surface area contributed by atoms with Crippen LogP contribution in [0.5, 0.6) is 0 Å². The van der Waals surface area contributed by atoms with Crippen molar-refractivity contribution in [3.8, 4) is 0 Å². The minimum Gasteiger partial charge on any atom is -0.396 e. The molecule has 2 aliphatic heterocycles. The number of aliphatic hydroxyl groups is 1. The number of likely N-dealkylation sites (tertiary alicyclic amines) is 1. The van der Waals surface area contributed by atoms with Gasteiger partial charge in [-0.25, -0.2) is 4.39 Å². The molecule has 1 aromatic heterocycles. The largest absolute Gasteiger partial charge is 0.405 e. The van der Waals surface area contributed by atoms with Gasteiger partial charge in [-0.1, -0.05) is 18.2 Å². The Morgan fingerprint density at radius 2 is 1.94 bits per heavy atom. The summed E-state index contributed by atoms with van der Waals surface area (Å²) < 4.78 is 53.4. The standard InChI is InChI=1S/C21H21F4N3O3/c22-13-4-1-3-12(7-13)8-28-18-14(9-27-16(18)5-2-6-17(27)30)15(10-29)19(28)20(31)26-11-21(23,24)25/h1-7,14-15,18-19,29H,8-11H2,(H,26,31)/t14-,15-,18+,19-/m1/s1. The van der Waals surface area contributed by atoms with Crippen molar-refractivity contribution in [3.63, 3.8) is 0 Å². The molecule has 1 fully saturated rings. The molecule has 0 spiro atoms. The van der Waals surface area contributed by atoms with Gasteiger partial charge in [-0.2, -0.15) is 13.2 Å². The molecule has 1 saturated heterocycles. The number of nitrogens with zero attached hydrogens (tertiary/aromatic N) is 2. The first-order valence-electron chi connectivity index (χ1n) is 9.85. The molecule has 166 valence electrons. The number of alkyl halides is 3. The molecule has 4 atom stereocenters. The van der Waals surface area contributed by atoms with E-state index in [1.807, 2.05) is 5.32 Å². The number of aliphatic hydroxyl groups excluding tert-OH is 1. The Kier molecular flexibility index (Phi) is 5.61. The van der Waals surface area contributed by atoms with Gasteiger partial charge in [-0.3, -0.25) is 14.5 Å². The number of nitrogens with one attached hydrogen (secondary N) is 1. The molecule has 0 bridgehead atoms. The van der Waals surface area contributed by atoms with Crippen molar-refractivity contribution in [2.75, 3.05) is 13.2 Å². The summed E-state index contributed by atoms with van der Waals surface area (Å²) in [5.41, 5.74) is 0.925. The van der Waals surface area contributed by atoms with Gasteiger partial charge in [0.1, 0.15) is 12.4 Å². The van der Waals surface area contributed by atoms with Crippen LogP contribution in [0.15, 0.2) is 47.3 Å². The molecule has 0 radical (unpaired) electrons. The fraction of sp³-hybridized carbons (Fsp3) is 0.429. The van der Waals surface area contributed by atoms with Crippen LogP contribution in [0.4, 0.5) is 17.6 Å². The fourth-order valence-corrected chi connectivity index (χ4v) is 4.87. The SMILES string of the molecule is O=C(NCC(F)(F)F)[C@H]1[C@H](CO)[C@H]2Cn3c(cccc3=O)[C@H]2N1Cc1cccc(F)c1. The van der Waals surface area contributed by atoms with Gasteiger partial charge < -0.3 is 15.0 Å². The van der Waals surface area contributed by atoms with Gasteiger partial charge in [0, 0.05) is 43.3 Å². The van der Waals surface area contributed by atoms with Crippen LogP contribution in [-0.2, 0) is 17.9 Å². The first-order chi connectivity index (χ1) is 14.7. The van der Waals surface area contributed by atoms with Crippen LogP contribution in [0.2, 0.25) is 0 Å². The van der Waals surface area contributed by atoms with Crippen molar-refractivity contribution >= 4 is 5.91 Å². The third-order valence-corrected chi connectivity index (χ3v) is 6.05. The summed E-state index contributed by atoms with van der Waals surface area (Å²) >= 11 is 0. The lowest BCUT2D eigenvalue weighted by Gasteiger charge is -2.31. The number of halogens is 4. The number of amides is 1. The Morgan fingerprint density at radius 1 is 1.19 bits per heavy atom. The van der Waals surface area contributed by atoms with Crippen molar-refractivity contribution in [3.05, 3.63) is 69.9 Å². The first-order valence-corrected chi connectivity index (χ1v) is 9.85. The summed E-state index contributed by atoms with van der Waals surface area (Å²) in [6.07, 6.45) is -4.58. The number of hydrogen-bond donors (Lipinski definition) is 2. The van der Waals surface area contributed by atoms with E-state index in [9.17, 15) is 32.3 Å². The first kappa shape index (κ1) is 21.5. The van der Waals surface area contributed by atoms with Crippen LogP contribution in [0, 0.1) is 17.7 Å². The van der Waals surface area contributed by atoms with E-state index in [2.05, 4.69) is 0 Å². The number of carbonyl (C=O) groups is 1. The number of hydrogen-bond acceptors (Lipinski definition) is 4. The number of fused-ring (bicyclic) bond motifs is 3. The van der Waals surface area contributed by atoms with Crippen molar-refractivity contribution in [1.29, 1.82) is 0 Å². The van der Waals surface area contributed by atoms with E-state index < -0.39 is 49.1 Å². The number of aromatic nitrogens is 1. The summed E-state index contributed by atoms with van der Waals surface area (Å²) in [5.74, 6) is -2.37. The zero-order chi connectivity index (χ0) is 22.3. The Hall–Kier alpha value is -2.72. The monoisotopic (exact) mass is 439 g/mol. The maximum absolute atomic E-state index is 13.7. The normalized spacial score (nSPS) is 25.3. The van der Waals surface area contributed by atoms with E-state index in [-0.39, 0.29) is 24.6 Å². The zero-order valence-corrected chi connectivity index (χ0v) is 16.3. The van der Waals surface area contributed by atoms with E-state index >= 15 is 0 Å². The third-order valence-electron chi connectivity index (χ3n) is 6.05. The zero-order valence-electron chi connectivity index (χ0n) is 16.3. The fourth-order valence-electron chi connectivity index (χ4n) is 4.87. The highest BCUT2D eigenvalue weighted by Crippen LogP contribution is 2.49. The molecule has 2 aromatic rings. The Bertz CT molecular complexity index is 1040. The second-order valence-electron chi connectivity index (χ2n) is 7.93. The molecule has 4 rings (SSSR count). The summed E-state index contributed by atoms with van der Waals surface area (Å²) in [6.45, 7) is -1.61. The van der Waals surface area contributed by atoms with Gasteiger partial charge in [0.25, 0.3) is 5.56 Å². The minimum atomic E-state index is -4.58. The van der Waals surface area contributed by atoms with Crippen molar-refractivity contribution in [2.24, 2.45) is 11.8 Å². The van der Waals surface area contributed by atoms with Crippen molar-refractivity contribution < 1.29 is 27.5 Å². The molecular formula is C21H21F4N3O3. The average Bonchev–Trinajstić information content (AvgIpc) is 3.22. The van der Waals surface area contributed by atoms with Gasteiger partial charge in [0.15, 0.2) is 0 Å². The second kappa shape index (κ2) is 8.08. The molecule has 0 aliphatic carbocycles. The molecule has 2 N–H and O–H groups in total. The quantitative estimate of drug-likeness (QED) is 0.698. The molecule has 0 saturated carbocycles. The van der Waals surface area contributed by atoms with Gasteiger partial charge in [0.2, 0.25) is 5.91 Å². The lowest BCUT2D eigenvalue weighted by atomic mass is 9.88. The molecule has 2 aliphatic rings. The molecular weight excluding hydrogens is 418 g/mol. The maximum atomic E-state index is 13.7. The molecule has 1 amide bonds. The predicted molar refractivity (Wildman–Crippen MR) is 102 cm³/mol. The molecule has 10 heteroatoms. The minimum absolute atomic E-state index is 0.0720. The Balaban J connectivity index is 1.73. The van der Waals surface area contributed by atoms with Crippen LogP contribution in [0.3, 0.4) is 0 Å². The predicted octanol–water partition coefficient (Wildman–Crippen LogP) is 1.83. The van der Waals surface area contributed by atoms with E-state index in [4.69, 9.17) is 0 Å². The number of carbonyl (C=O) groups excluding carboxylic acids is 1. The lowest BCUT2D eigenvalue weighted by molar-refractivity contribution is -0.142. The van der Waals surface area contributed by atoms with Crippen molar-refractivity contribution in [1.82, 2.24) is 14.8 Å². The topological polar surface area (TPSA) is 74.6 Å². The van der Waals surface area contributed by atoms with E-state index in [0.717, 1.165) is 0 Å². The highest BCUT2D eigenvalue weighted by atomic mass is 19.4. The van der Waals surface area contributed by atoms with Gasteiger partial charge in [-0.05, 0) is 23.8 Å². The Labute approximate surface area is 175 Å². The van der Waals surface area contributed by atoms with Gasteiger partial charge >= 0.3 is 6.18 Å². The van der Waals surface area contributed by atoms with Crippen LogP contribution in [0.25, 0.3) is 0 Å². The van der Waals surface area contributed by atoms with E-state index in [1.165, 1.54) is 24.3 Å². The third kappa shape index (κ3) is 4.09. The smallest absolute Gasteiger partial charge is 0.396 e. The van der Waals surface area contributed by atoms with Crippen LogP contribution >= 0.6 is 0 Å². The summed E-state index contributed by atoms with van der Waals surface area (Å²) in [4.78, 5) is 26.8. The average molecular weight is 439 g/mol. The molecule has 1 aromatic carbocycles. The Morgan fingerprint density at radius 3 is 2.61 bits per heavy atom.